The Balaban J connectivity index is 1.71. The molecule has 3 heteroatoms. The van der Waals surface area contributed by atoms with E-state index in [1.165, 1.54) is 37.7 Å². The molecule has 0 atom stereocenters. The summed E-state index contributed by atoms with van der Waals surface area (Å²) < 4.78 is 0. The van der Waals surface area contributed by atoms with Crippen LogP contribution in [0, 0.1) is 5.41 Å². The monoisotopic (exact) mass is 286 g/mol. The first-order valence-corrected chi connectivity index (χ1v) is 8.38. The second-order valence-electron chi connectivity index (χ2n) is 6.61. The molecule has 0 spiro atoms. The fourth-order valence-electron chi connectivity index (χ4n) is 3.84. The molecule has 1 heterocycles. The van der Waals surface area contributed by atoms with Gasteiger partial charge < -0.3 is 10.6 Å². The lowest BCUT2D eigenvalue weighted by Gasteiger charge is -2.28. The molecular weight excluding hydrogens is 260 g/mol. The topological polar surface area (TPSA) is 41.1 Å². The molecule has 1 aromatic rings. The summed E-state index contributed by atoms with van der Waals surface area (Å²) in [5.74, 6) is 0.0842. The number of nitrogens with one attached hydrogen (secondary N) is 2. The summed E-state index contributed by atoms with van der Waals surface area (Å²) in [6, 6.07) is 6.08. The van der Waals surface area contributed by atoms with Gasteiger partial charge >= 0.3 is 0 Å². The van der Waals surface area contributed by atoms with Crippen molar-refractivity contribution in [2.24, 2.45) is 5.41 Å². The highest BCUT2D eigenvalue weighted by molar-refractivity contribution is 6.00. The quantitative estimate of drug-likeness (QED) is 0.885. The average Bonchev–Trinajstić information content (AvgIpc) is 3.01. The van der Waals surface area contributed by atoms with E-state index < -0.39 is 0 Å². The van der Waals surface area contributed by atoms with E-state index in [0.717, 1.165) is 37.2 Å². The Morgan fingerprint density at radius 3 is 2.86 bits per heavy atom. The van der Waals surface area contributed by atoms with Crippen molar-refractivity contribution >= 4 is 11.6 Å². The normalized spacial score (nSPS) is 19.7. The van der Waals surface area contributed by atoms with E-state index in [4.69, 9.17) is 0 Å². The molecule has 0 bridgehead atoms. The smallest absolute Gasteiger partial charge is 0.253 e. The van der Waals surface area contributed by atoms with E-state index >= 15 is 0 Å². The van der Waals surface area contributed by atoms with Crippen molar-refractivity contribution in [2.75, 3.05) is 18.4 Å². The number of aryl methyl sites for hydroxylation is 1. The maximum Gasteiger partial charge on any atom is 0.253 e. The van der Waals surface area contributed by atoms with E-state index in [9.17, 15) is 4.79 Å². The zero-order chi connectivity index (χ0) is 14.7. The van der Waals surface area contributed by atoms with Gasteiger partial charge in [0.25, 0.3) is 5.91 Å². The maximum absolute atomic E-state index is 12.6. The molecule has 1 aromatic carbocycles. The first-order valence-electron chi connectivity index (χ1n) is 8.38. The van der Waals surface area contributed by atoms with Crippen LogP contribution in [0.5, 0.6) is 0 Å². The predicted molar refractivity (Wildman–Crippen MR) is 86.8 cm³/mol. The number of carbonyl (C=O) groups excluding carboxylic acids is 1. The van der Waals surface area contributed by atoms with E-state index in [2.05, 4.69) is 23.6 Å². The number of hydrogen-bond donors (Lipinski definition) is 2. The molecule has 0 saturated heterocycles. The zero-order valence-corrected chi connectivity index (χ0v) is 13.0. The van der Waals surface area contributed by atoms with Gasteiger partial charge in [0, 0.05) is 13.1 Å². The molecule has 0 aromatic heterocycles. The van der Waals surface area contributed by atoms with Gasteiger partial charge in [0.1, 0.15) is 0 Å². The van der Waals surface area contributed by atoms with Crippen molar-refractivity contribution in [3.63, 3.8) is 0 Å². The molecule has 3 rings (SSSR count). The summed E-state index contributed by atoms with van der Waals surface area (Å²) in [7, 11) is 0. The summed E-state index contributed by atoms with van der Waals surface area (Å²) in [4.78, 5) is 12.6. The molecule has 1 fully saturated rings. The van der Waals surface area contributed by atoms with Crippen LogP contribution < -0.4 is 10.6 Å². The van der Waals surface area contributed by atoms with Crippen LogP contribution in [0.15, 0.2) is 18.2 Å². The molecule has 0 radical (unpaired) electrons. The largest absolute Gasteiger partial charge is 0.384 e. The van der Waals surface area contributed by atoms with Crippen molar-refractivity contribution in [3.05, 3.63) is 29.3 Å². The molecule has 3 nitrogen and oxygen atoms in total. The highest BCUT2D eigenvalue weighted by Crippen LogP contribution is 2.40. The summed E-state index contributed by atoms with van der Waals surface area (Å²) in [5.41, 5.74) is 3.49. The number of fused-ring (bicyclic) bond motifs is 1. The van der Waals surface area contributed by atoms with Crippen molar-refractivity contribution in [2.45, 2.75) is 51.9 Å². The standard InChI is InChI=1S/C18H26N2O/c1-2-18(10-3-4-11-18)13-20-17(21)15-9-5-7-14-8-6-12-19-16(14)15/h5,7,9,19H,2-4,6,8,10-13H2,1H3,(H,20,21). The van der Waals surface area contributed by atoms with Crippen LogP contribution in [0.1, 0.15) is 61.4 Å². The van der Waals surface area contributed by atoms with E-state index in [-0.39, 0.29) is 5.91 Å². The third kappa shape index (κ3) is 2.92. The minimum Gasteiger partial charge on any atom is -0.384 e. The number of para-hydroxylation sites is 1. The van der Waals surface area contributed by atoms with Gasteiger partial charge in [-0.25, -0.2) is 0 Å². The van der Waals surface area contributed by atoms with Crippen molar-refractivity contribution < 1.29 is 4.79 Å². The molecule has 114 valence electrons. The van der Waals surface area contributed by atoms with Gasteiger partial charge in [0.05, 0.1) is 11.3 Å². The molecule has 1 aliphatic heterocycles. The highest BCUT2D eigenvalue weighted by Gasteiger charge is 2.32. The van der Waals surface area contributed by atoms with Crippen LogP contribution in [-0.4, -0.2) is 19.0 Å². The van der Waals surface area contributed by atoms with Gasteiger partial charge in [-0.05, 0) is 49.1 Å². The van der Waals surface area contributed by atoms with Crippen LogP contribution >= 0.6 is 0 Å². The Kier molecular flexibility index (Phi) is 4.18. The van der Waals surface area contributed by atoms with Gasteiger partial charge in [-0.2, -0.15) is 0 Å². The Hall–Kier alpha value is -1.51. The molecule has 21 heavy (non-hydrogen) atoms. The third-order valence-electron chi connectivity index (χ3n) is 5.36. The first kappa shape index (κ1) is 14.4. The Morgan fingerprint density at radius 2 is 2.10 bits per heavy atom. The predicted octanol–water partition coefficient (Wildman–Crippen LogP) is 3.74. The number of amides is 1. The third-order valence-corrected chi connectivity index (χ3v) is 5.36. The van der Waals surface area contributed by atoms with Crippen LogP contribution in [-0.2, 0) is 6.42 Å². The summed E-state index contributed by atoms with van der Waals surface area (Å²) in [6.45, 7) is 4.05. The average molecular weight is 286 g/mol. The van der Waals surface area contributed by atoms with E-state index in [1.807, 2.05) is 12.1 Å². The number of rotatable bonds is 4. The zero-order valence-electron chi connectivity index (χ0n) is 13.0. The Morgan fingerprint density at radius 1 is 1.29 bits per heavy atom. The summed E-state index contributed by atoms with van der Waals surface area (Å²) in [6.07, 6.45) is 8.53. The fourth-order valence-corrected chi connectivity index (χ4v) is 3.84. The minimum atomic E-state index is 0.0842. The van der Waals surface area contributed by atoms with E-state index in [0.29, 0.717) is 5.41 Å². The van der Waals surface area contributed by atoms with Crippen LogP contribution in [0.25, 0.3) is 0 Å². The Bertz CT molecular complexity index is 518. The lowest BCUT2D eigenvalue weighted by atomic mass is 9.83. The molecular formula is C18H26N2O. The number of carbonyl (C=O) groups is 1. The Labute approximate surface area is 127 Å². The number of hydrogen-bond acceptors (Lipinski definition) is 2. The van der Waals surface area contributed by atoms with E-state index in [1.54, 1.807) is 0 Å². The summed E-state index contributed by atoms with van der Waals surface area (Å²) in [5, 5.41) is 6.61. The van der Waals surface area contributed by atoms with Crippen LogP contribution in [0.4, 0.5) is 5.69 Å². The van der Waals surface area contributed by atoms with Gasteiger partial charge in [0.15, 0.2) is 0 Å². The number of benzene rings is 1. The summed E-state index contributed by atoms with van der Waals surface area (Å²) >= 11 is 0. The molecule has 2 aliphatic rings. The SMILES string of the molecule is CCC1(CNC(=O)c2cccc3c2NCCC3)CCCC1. The van der Waals surface area contributed by atoms with Crippen molar-refractivity contribution in [1.29, 1.82) is 0 Å². The van der Waals surface area contributed by atoms with Gasteiger partial charge in [-0.1, -0.05) is 31.9 Å². The second-order valence-corrected chi connectivity index (χ2v) is 6.61. The highest BCUT2D eigenvalue weighted by atomic mass is 16.1. The maximum atomic E-state index is 12.6. The molecule has 1 saturated carbocycles. The fraction of sp³-hybridized carbons (Fsp3) is 0.611. The van der Waals surface area contributed by atoms with Crippen LogP contribution in [0.3, 0.4) is 0 Å². The molecule has 2 N–H and O–H groups in total. The number of anilines is 1. The lowest BCUT2D eigenvalue weighted by molar-refractivity contribution is 0.0929. The second kappa shape index (κ2) is 6.08. The van der Waals surface area contributed by atoms with Gasteiger partial charge in [-0.15, -0.1) is 0 Å². The first-order chi connectivity index (χ1) is 10.2. The van der Waals surface area contributed by atoms with Gasteiger partial charge in [-0.3, -0.25) is 4.79 Å². The lowest BCUT2D eigenvalue weighted by Crippen LogP contribution is -2.36. The van der Waals surface area contributed by atoms with Gasteiger partial charge in [0.2, 0.25) is 0 Å². The molecule has 0 unspecified atom stereocenters. The van der Waals surface area contributed by atoms with Crippen molar-refractivity contribution in [1.82, 2.24) is 5.32 Å². The van der Waals surface area contributed by atoms with Crippen LogP contribution in [0.2, 0.25) is 0 Å². The molecule has 1 amide bonds. The molecule has 1 aliphatic carbocycles. The minimum absolute atomic E-state index is 0.0842. The van der Waals surface area contributed by atoms with Crippen molar-refractivity contribution in [3.8, 4) is 0 Å².